The largest absolute Gasteiger partial charge is 0.507 e. The lowest BCUT2D eigenvalue weighted by Crippen LogP contribution is -1.96. The van der Waals surface area contributed by atoms with Gasteiger partial charge in [0.25, 0.3) is 0 Å². The molecule has 0 aliphatic carbocycles. The van der Waals surface area contributed by atoms with Crippen LogP contribution in [0.5, 0.6) is 5.75 Å². The van der Waals surface area contributed by atoms with Crippen LogP contribution in [-0.4, -0.2) is 16.2 Å². The molecule has 0 saturated heterocycles. The summed E-state index contributed by atoms with van der Waals surface area (Å²) in [5.41, 5.74) is 0.621. The maximum atomic E-state index is 10.6. The number of benzene rings is 1. The van der Waals surface area contributed by atoms with Crippen LogP contribution in [0.25, 0.3) is 6.08 Å². The number of phenols is 1. The first kappa shape index (κ1) is 9.80. The van der Waals surface area contributed by atoms with E-state index < -0.39 is 5.97 Å². The zero-order chi connectivity index (χ0) is 9.84. The summed E-state index contributed by atoms with van der Waals surface area (Å²) in [6, 6.07) is 4.38. The number of halogens is 1. The summed E-state index contributed by atoms with van der Waals surface area (Å²) in [6.45, 7) is 0. The summed E-state index contributed by atoms with van der Waals surface area (Å²) in [5, 5.41) is 17.8. The number of carboxylic acid groups (broad SMARTS) is 1. The summed E-state index contributed by atoms with van der Waals surface area (Å²) in [7, 11) is 0. The van der Waals surface area contributed by atoms with Gasteiger partial charge < -0.3 is 10.2 Å². The van der Waals surface area contributed by atoms with Crippen LogP contribution in [0.1, 0.15) is 15.9 Å². The van der Waals surface area contributed by atoms with E-state index in [4.69, 9.17) is 10.2 Å². The Balaban J connectivity index is 3.18. The van der Waals surface area contributed by atoms with Gasteiger partial charge in [0.1, 0.15) is 11.3 Å². The maximum Gasteiger partial charge on any atom is 0.339 e. The average molecular weight is 243 g/mol. The van der Waals surface area contributed by atoms with Crippen molar-refractivity contribution in [2.24, 2.45) is 0 Å². The van der Waals surface area contributed by atoms with Crippen molar-refractivity contribution in [3.8, 4) is 5.75 Å². The van der Waals surface area contributed by atoms with E-state index in [0.29, 0.717) is 5.56 Å². The molecule has 0 aliphatic heterocycles. The summed E-state index contributed by atoms with van der Waals surface area (Å²) in [4.78, 5) is 12.2. The van der Waals surface area contributed by atoms with Crippen LogP contribution in [0.3, 0.4) is 0 Å². The molecule has 0 aliphatic rings. The van der Waals surface area contributed by atoms with Crippen molar-refractivity contribution in [2.75, 3.05) is 0 Å². The minimum Gasteiger partial charge on any atom is -0.507 e. The third-order valence-electron chi connectivity index (χ3n) is 1.51. The summed E-state index contributed by atoms with van der Waals surface area (Å²) in [5.74, 6) is -1.36. The first-order valence-electron chi connectivity index (χ1n) is 3.48. The zero-order valence-electron chi connectivity index (χ0n) is 6.57. The second-order valence-electron chi connectivity index (χ2n) is 2.37. The van der Waals surface area contributed by atoms with Gasteiger partial charge in [-0.15, -0.1) is 0 Å². The van der Waals surface area contributed by atoms with Crippen molar-refractivity contribution in [1.82, 2.24) is 0 Å². The molecule has 4 heteroatoms. The Morgan fingerprint density at radius 1 is 1.46 bits per heavy atom. The van der Waals surface area contributed by atoms with Crippen molar-refractivity contribution in [1.29, 1.82) is 0 Å². The van der Waals surface area contributed by atoms with E-state index in [2.05, 4.69) is 15.9 Å². The molecule has 0 amide bonds. The van der Waals surface area contributed by atoms with Gasteiger partial charge in [-0.25, -0.2) is 4.79 Å². The van der Waals surface area contributed by atoms with Gasteiger partial charge in [0.2, 0.25) is 0 Å². The van der Waals surface area contributed by atoms with Crippen molar-refractivity contribution in [3.63, 3.8) is 0 Å². The maximum absolute atomic E-state index is 10.6. The molecule has 0 fully saturated rings. The van der Waals surface area contributed by atoms with E-state index in [9.17, 15) is 4.79 Å². The number of hydrogen-bond acceptors (Lipinski definition) is 2. The predicted molar refractivity (Wildman–Crippen MR) is 53.0 cm³/mol. The number of aromatic hydroxyl groups is 1. The zero-order valence-corrected chi connectivity index (χ0v) is 8.15. The number of aromatic carboxylic acids is 1. The van der Waals surface area contributed by atoms with E-state index >= 15 is 0 Å². The second-order valence-corrected chi connectivity index (χ2v) is 2.90. The van der Waals surface area contributed by atoms with Crippen molar-refractivity contribution in [3.05, 3.63) is 34.3 Å². The molecular formula is C9H7BrO3. The Bertz CT molecular complexity index is 358. The molecule has 0 spiro atoms. The average Bonchev–Trinajstić information content (AvgIpc) is 2.08. The third-order valence-corrected chi connectivity index (χ3v) is 1.77. The molecule has 0 aromatic heterocycles. The highest BCUT2D eigenvalue weighted by Crippen LogP contribution is 2.19. The number of carboxylic acids is 1. The van der Waals surface area contributed by atoms with Gasteiger partial charge in [0.15, 0.2) is 0 Å². The smallest absolute Gasteiger partial charge is 0.339 e. The standard InChI is InChI=1S/C9H7BrO3/c10-4-3-6-1-2-8(11)7(5-6)9(12)13/h1-5,11H,(H,12,13)/b4-3+. The van der Waals surface area contributed by atoms with Gasteiger partial charge >= 0.3 is 5.97 Å². The first-order chi connectivity index (χ1) is 6.15. The fourth-order valence-electron chi connectivity index (χ4n) is 0.901. The van der Waals surface area contributed by atoms with E-state index in [1.165, 1.54) is 12.1 Å². The fourth-order valence-corrected chi connectivity index (χ4v) is 1.21. The van der Waals surface area contributed by atoms with Crippen LogP contribution in [-0.2, 0) is 0 Å². The van der Waals surface area contributed by atoms with Crippen molar-refractivity contribution < 1.29 is 15.0 Å². The lowest BCUT2D eigenvalue weighted by Gasteiger charge is -1.99. The van der Waals surface area contributed by atoms with Gasteiger partial charge in [0.05, 0.1) is 0 Å². The molecule has 1 aromatic carbocycles. The molecule has 3 nitrogen and oxygen atoms in total. The molecule has 1 aromatic rings. The minimum absolute atomic E-state index is 0.0944. The molecule has 0 radical (unpaired) electrons. The van der Waals surface area contributed by atoms with E-state index in [-0.39, 0.29) is 11.3 Å². The molecular weight excluding hydrogens is 236 g/mol. The van der Waals surface area contributed by atoms with Crippen molar-refractivity contribution in [2.45, 2.75) is 0 Å². The SMILES string of the molecule is O=C(O)c1cc(/C=C/Br)ccc1O. The van der Waals surface area contributed by atoms with Crippen LogP contribution in [0.2, 0.25) is 0 Å². The number of rotatable bonds is 2. The van der Waals surface area contributed by atoms with E-state index in [1.54, 1.807) is 17.1 Å². The molecule has 2 N–H and O–H groups in total. The lowest BCUT2D eigenvalue weighted by molar-refractivity contribution is 0.0693. The normalized spacial score (nSPS) is 10.5. The Morgan fingerprint density at radius 2 is 2.15 bits per heavy atom. The van der Waals surface area contributed by atoms with Gasteiger partial charge in [-0.3, -0.25) is 0 Å². The van der Waals surface area contributed by atoms with Gasteiger partial charge in [-0.05, 0) is 28.8 Å². The van der Waals surface area contributed by atoms with Crippen molar-refractivity contribution >= 4 is 28.0 Å². The van der Waals surface area contributed by atoms with Gasteiger partial charge in [-0.2, -0.15) is 0 Å². The molecule has 13 heavy (non-hydrogen) atoms. The topological polar surface area (TPSA) is 57.5 Å². The Kier molecular flexibility index (Phi) is 3.08. The molecule has 0 unspecified atom stereocenters. The highest BCUT2D eigenvalue weighted by atomic mass is 79.9. The summed E-state index contributed by atoms with van der Waals surface area (Å²) >= 11 is 3.08. The highest BCUT2D eigenvalue weighted by Gasteiger charge is 2.08. The molecule has 0 bridgehead atoms. The van der Waals surface area contributed by atoms with Crippen LogP contribution in [0.15, 0.2) is 23.2 Å². The fraction of sp³-hybridized carbons (Fsp3) is 0. The molecule has 0 heterocycles. The Morgan fingerprint density at radius 3 is 2.69 bits per heavy atom. The minimum atomic E-state index is -1.14. The number of hydrogen-bond donors (Lipinski definition) is 2. The van der Waals surface area contributed by atoms with E-state index in [1.807, 2.05) is 0 Å². The van der Waals surface area contributed by atoms with Crippen LogP contribution in [0, 0.1) is 0 Å². The molecule has 0 atom stereocenters. The first-order valence-corrected chi connectivity index (χ1v) is 4.40. The molecule has 0 saturated carbocycles. The number of carbonyl (C=O) groups is 1. The highest BCUT2D eigenvalue weighted by molar-refractivity contribution is 9.11. The lowest BCUT2D eigenvalue weighted by atomic mass is 10.1. The quantitative estimate of drug-likeness (QED) is 0.838. The molecule has 1 rings (SSSR count). The van der Waals surface area contributed by atoms with Crippen LogP contribution in [0.4, 0.5) is 0 Å². The van der Waals surface area contributed by atoms with Crippen LogP contribution >= 0.6 is 15.9 Å². The Labute approximate surface area is 83.5 Å². The van der Waals surface area contributed by atoms with Gasteiger partial charge in [0, 0.05) is 0 Å². The molecule has 68 valence electrons. The third kappa shape index (κ3) is 2.32. The van der Waals surface area contributed by atoms with Crippen LogP contribution < -0.4 is 0 Å². The summed E-state index contributed by atoms with van der Waals surface area (Å²) in [6.07, 6.45) is 1.69. The van der Waals surface area contributed by atoms with Gasteiger partial charge in [-0.1, -0.05) is 22.0 Å². The Hall–Kier alpha value is -1.29. The monoisotopic (exact) mass is 242 g/mol. The summed E-state index contributed by atoms with van der Waals surface area (Å²) < 4.78 is 0. The predicted octanol–water partition coefficient (Wildman–Crippen LogP) is 2.46. The van der Waals surface area contributed by atoms with E-state index in [0.717, 1.165) is 0 Å². The second kappa shape index (κ2) is 4.09.